The van der Waals surface area contributed by atoms with Crippen LogP contribution in [0.2, 0.25) is 0 Å². The van der Waals surface area contributed by atoms with Gasteiger partial charge in [0.05, 0.1) is 9.79 Å². The minimum Gasteiger partial charge on any atom is -0.280 e. The summed E-state index contributed by atoms with van der Waals surface area (Å²) >= 11 is 3.29. The Kier molecular flexibility index (Phi) is 5.71. The van der Waals surface area contributed by atoms with Crippen molar-refractivity contribution in [2.24, 2.45) is 0 Å². The van der Waals surface area contributed by atoms with Gasteiger partial charge >= 0.3 is 0 Å². The maximum Gasteiger partial charge on any atom is 0.261 e. The zero-order valence-corrected chi connectivity index (χ0v) is 19.0. The molecule has 30 heavy (non-hydrogen) atoms. The summed E-state index contributed by atoms with van der Waals surface area (Å²) in [6.07, 6.45) is 0.571. The van der Waals surface area contributed by atoms with Gasteiger partial charge in [-0.25, -0.2) is 16.8 Å². The molecule has 0 aromatic heterocycles. The van der Waals surface area contributed by atoms with Crippen molar-refractivity contribution in [1.82, 2.24) is 4.31 Å². The summed E-state index contributed by atoms with van der Waals surface area (Å²) in [6.45, 7) is 0.578. The van der Waals surface area contributed by atoms with Crippen molar-refractivity contribution in [1.29, 1.82) is 0 Å². The van der Waals surface area contributed by atoms with Crippen molar-refractivity contribution in [3.05, 3.63) is 88.4 Å². The lowest BCUT2D eigenvalue weighted by atomic mass is 10.0. The summed E-state index contributed by atoms with van der Waals surface area (Å²) in [7, 11) is -7.35. The lowest BCUT2D eigenvalue weighted by Gasteiger charge is -2.28. The van der Waals surface area contributed by atoms with Crippen molar-refractivity contribution in [3.63, 3.8) is 0 Å². The Bertz CT molecular complexity index is 1280. The van der Waals surface area contributed by atoms with Crippen LogP contribution in [0, 0.1) is 0 Å². The van der Waals surface area contributed by atoms with Crippen LogP contribution in [0.4, 0.5) is 5.69 Å². The van der Waals surface area contributed by atoms with E-state index in [0.29, 0.717) is 18.7 Å². The normalized spacial score (nSPS) is 14.8. The minimum absolute atomic E-state index is 0.150. The largest absolute Gasteiger partial charge is 0.280 e. The van der Waals surface area contributed by atoms with Crippen LogP contribution in [0.15, 0.2) is 87.1 Å². The van der Waals surface area contributed by atoms with E-state index < -0.39 is 20.0 Å². The van der Waals surface area contributed by atoms with Crippen LogP contribution in [0.1, 0.15) is 11.1 Å². The monoisotopic (exact) mass is 506 g/mol. The number of nitrogens with zero attached hydrogens (tertiary/aromatic N) is 1. The SMILES string of the molecule is O=S(=O)(Nc1ccc2c(c1)CN(S(=O)(=O)c1ccccc1)CC2)c1ccc(Br)cc1. The first-order valence-corrected chi connectivity index (χ1v) is 12.9. The van der Waals surface area contributed by atoms with Crippen LogP contribution in [0.3, 0.4) is 0 Å². The Balaban J connectivity index is 1.58. The lowest BCUT2D eigenvalue weighted by Crippen LogP contribution is -2.36. The zero-order valence-electron chi connectivity index (χ0n) is 15.8. The second-order valence-corrected chi connectivity index (χ2v) is 11.5. The smallest absolute Gasteiger partial charge is 0.261 e. The Labute approximate surface area is 184 Å². The molecule has 6 nitrogen and oxygen atoms in total. The van der Waals surface area contributed by atoms with E-state index in [1.54, 1.807) is 54.6 Å². The summed E-state index contributed by atoms with van der Waals surface area (Å²) < 4.78 is 56.0. The van der Waals surface area contributed by atoms with Crippen molar-refractivity contribution >= 4 is 41.7 Å². The van der Waals surface area contributed by atoms with Crippen LogP contribution < -0.4 is 4.72 Å². The third-order valence-electron chi connectivity index (χ3n) is 4.94. The third-order valence-corrected chi connectivity index (χ3v) is 8.73. The van der Waals surface area contributed by atoms with Crippen LogP contribution in [0.5, 0.6) is 0 Å². The molecule has 0 aliphatic carbocycles. The van der Waals surface area contributed by atoms with E-state index in [1.807, 2.05) is 6.07 Å². The average molecular weight is 507 g/mol. The van der Waals surface area contributed by atoms with Crippen molar-refractivity contribution in [2.75, 3.05) is 11.3 Å². The highest BCUT2D eigenvalue weighted by Gasteiger charge is 2.28. The van der Waals surface area contributed by atoms with Crippen LogP contribution in [-0.2, 0) is 33.0 Å². The number of hydrogen-bond donors (Lipinski definition) is 1. The second-order valence-electron chi connectivity index (χ2n) is 6.94. The molecule has 156 valence electrons. The van der Waals surface area contributed by atoms with Gasteiger partial charge in [-0.2, -0.15) is 4.31 Å². The number of fused-ring (bicyclic) bond motifs is 1. The molecule has 0 saturated carbocycles. The molecule has 0 radical (unpaired) electrons. The van der Waals surface area contributed by atoms with E-state index in [4.69, 9.17) is 0 Å². The van der Waals surface area contributed by atoms with Gasteiger partial charge in [-0.3, -0.25) is 4.72 Å². The molecule has 0 saturated heterocycles. The van der Waals surface area contributed by atoms with Crippen molar-refractivity contribution < 1.29 is 16.8 Å². The van der Waals surface area contributed by atoms with Gasteiger partial charge < -0.3 is 0 Å². The average Bonchev–Trinajstić information content (AvgIpc) is 2.74. The fourth-order valence-corrected chi connectivity index (χ4v) is 6.12. The van der Waals surface area contributed by atoms with Gasteiger partial charge in [-0.1, -0.05) is 40.2 Å². The zero-order chi connectivity index (χ0) is 21.4. The maximum absolute atomic E-state index is 12.9. The first-order chi connectivity index (χ1) is 14.3. The maximum atomic E-state index is 12.9. The summed E-state index contributed by atoms with van der Waals surface area (Å²) in [5.41, 5.74) is 2.20. The fraction of sp³-hybridized carbons (Fsp3) is 0.143. The molecule has 1 heterocycles. The number of rotatable bonds is 5. The molecule has 1 aliphatic rings. The molecule has 9 heteroatoms. The Morgan fingerprint density at radius 3 is 2.20 bits per heavy atom. The molecule has 0 amide bonds. The molecule has 3 aromatic rings. The lowest BCUT2D eigenvalue weighted by molar-refractivity contribution is 0.391. The molecule has 0 unspecified atom stereocenters. The van der Waals surface area contributed by atoms with Gasteiger partial charge in [0.2, 0.25) is 10.0 Å². The Morgan fingerprint density at radius 1 is 0.800 bits per heavy atom. The number of hydrogen-bond acceptors (Lipinski definition) is 4. The standard InChI is InChI=1S/C21H19BrN2O4S2/c22-18-7-10-20(11-8-18)29(25,26)23-19-9-6-16-12-13-24(15-17(16)14-19)30(27,28)21-4-2-1-3-5-21/h1-11,14,23H,12-13,15H2. The highest BCUT2D eigenvalue weighted by molar-refractivity contribution is 9.10. The predicted octanol–water partition coefficient (Wildman–Crippen LogP) is 4.00. The molecular formula is C21H19BrN2O4S2. The van der Waals surface area contributed by atoms with Gasteiger partial charge in [0.25, 0.3) is 10.0 Å². The Hall–Kier alpha value is -2.20. The molecule has 0 atom stereocenters. The first-order valence-electron chi connectivity index (χ1n) is 9.21. The molecule has 0 bridgehead atoms. The van der Waals surface area contributed by atoms with Gasteiger partial charge in [0.15, 0.2) is 0 Å². The number of benzene rings is 3. The van der Waals surface area contributed by atoms with Crippen LogP contribution in [-0.4, -0.2) is 27.7 Å². The van der Waals surface area contributed by atoms with Gasteiger partial charge in [-0.15, -0.1) is 0 Å². The van der Waals surface area contributed by atoms with Crippen molar-refractivity contribution in [3.8, 4) is 0 Å². The molecule has 0 spiro atoms. The van der Waals surface area contributed by atoms with E-state index >= 15 is 0 Å². The Morgan fingerprint density at radius 2 is 1.50 bits per heavy atom. The van der Waals surface area contributed by atoms with E-state index in [9.17, 15) is 16.8 Å². The van der Waals surface area contributed by atoms with E-state index in [1.165, 1.54) is 16.4 Å². The molecule has 0 fully saturated rings. The summed E-state index contributed by atoms with van der Waals surface area (Å²) in [4.78, 5) is 0.400. The second kappa shape index (κ2) is 8.14. The molecule has 1 aliphatic heterocycles. The number of anilines is 1. The molecule has 4 rings (SSSR count). The van der Waals surface area contributed by atoms with Gasteiger partial charge in [-0.05, 0) is 66.1 Å². The highest BCUT2D eigenvalue weighted by atomic mass is 79.9. The molecular weight excluding hydrogens is 488 g/mol. The van der Waals surface area contributed by atoms with Gasteiger partial charge in [0.1, 0.15) is 0 Å². The summed E-state index contributed by atoms with van der Waals surface area (Å²) in [5, 5.41) is 0. The van der Waals surface area contributed by atoms with Gasteiger partial charge in [0, 0.05) is 23.2 Å². The predicted molar refractivity (Wildman–Crippen MR) is 119 cm³/mol. The van der Waals surface area contributed by atoms with E-state index in [-0.39, 0.29) is 16.3 Å². The summed E-state index contributed by atoms with van der Waals surface area (Å²) in [6, 6.07) is 19.9. The number of sulfonamides is 2. The quantitative estimate of drug-likeness (QED) is 0.566. The summed E-state index contributed by atoms with van der Waals surface area (Å²) in [5.74, 6) is 0. The number of nitrogens with one attached hydrogen (secondary N) is 1. The number of halogens is 1. The van der Waals surface area contributed by atoms with Crippen molar-refractivity contribution in [2.45, 2.75) is 22.8 Å². The first kappa shape index (κ1) is 21.0. The van der Waals surface area contributed by atoms with E-state index in [2.05, 4.69) is 20.7 Å². The molecule has 3 aromatic carbocycles. The topological polar surface area (TPSA) is 83.6 Å². The highest BCUT2D eigenvalue weighted by Crippen LogP contribution is 2.28. The van der Waals surface area contributed by atoms with E-state index in [0.717, 1.165) is 15.6 Å². The minimum atomic E-state index is -3.74. The third kappa shape index (κ3) is 4.29. The fourth-order valence-electron chi connectivity index (χ4n) is 3.37. The van der Waals surface area contributed by atoms with Crippen LogP contribution in [0.25, 0.3) is 0 Å². The molecule has 1 N–H and O–H groups in total. The van der Waals surface area contributed by atoms with Crippen LogP contribution >= 0.6 is 15.9 Å².